The molecule has 0 spiro atoms. The van der Waals surface area contributed by atoms with Gasteiger partial charge in [-0.05, 0) is 19.5 Å². The molecule has 6 heteroatoms. The van der Waals surface area contributed by atoms with Gasteiger partial charge in [-0.25, -0.2) is 4.98 Å². The van der Waals surface area contributed by atoms with Crippen molar-refractivity contribution in [3.05, 3.63) is 40.9 Å². The fourth-order valence-corrected chi connectivity index (χ4v) is 3.20. The quantitative estimate of drug-likeness (QED) is 0.783. The summed E-state index contributed by atoms with van der Waals surface area (Å²) in [7, 11) is 3.99. The first-order valence-electron chi connectivity index (χ1n) is 6.82. The summed E-state index contributed by atoms with van der Waals surface area (Å²) in [6.07, 6.45) is 5.98. The third-order valence-electron chi connectivity index (χ3n) is 3.59. The van der Waals surface area contributed by atoms with Crippen LogP contribution in [-0.4, -0.2) is 26.2 Å². The Balaban J connectivity index is 1.85. The first-order valence-corrected chi connectivity index (χ1v) is 7.70. The van der Waals surface area contributed by atoms with Gasteiger partial charge >= 0.3 is 0 Å². The molecule has 0 amide bonds. The average Bonchev–Trinajstić information content (AvgIpc) is 3.10. The minimum absolute atomic E-state index is 0.234. The number of likely N-dealkylation sites (N-methyl/N-ethyl adjacent to an activating group) is 1. The Morgan fingerprint density at radius 2 is 2.25 bits per heavy atom. The molecule has 3 rings (SSSR count). The maximum atomic E-state index is 4.65. The van der Waals surface area contributed by atoms with E-state index in [1.165, 1.54) is 5.69 Å². The van der Waals surface area contributed by atoms with Crippen LogP contribution < -0.4 is 5.32 Å². The molecule has 1 atom stereocenters. The van der Waals surface area contributed by atoms with Gasteiger partial charge in [0.15, 0.2) is 4.96 Å². The van der Waals surface area contributed by atoms with Crippen LogP contribution in [0.2, 0.25) is 0 Å². The second-order valence-corrected chi connectivity index (χ2v) is 5.78. The molecule has 20 heavy (non-hydrogen) atoms. The zero-order chi connectivity index (χ0) is 14.1. The summed E-state index contributed by atoms with van der Waals surface area (Å²) < 4.78 is 4.05. The lowest BCUT2D eigenvalue weighted by atomic mass is 10.1. The summed E-state index contributed by atoms with van der Waals surface area (Å²) in [5.41, 5.74) is 3.45. The summed E-state index contributed by atoms with van der Waals surface area (Å²) in [6, 6.07) is 2.41. The van der Waals surface area contributed by atoms with E-state index in [1.807, 2.05) is 25.0 Å². The monoisotopic (exact) mass is 289 g/mol. The Kier molecular flexibility index (Phi) is 3.58. The van der Waals surface area contributed by atoms with E-state index in [0.717, 1.165) is 29.2 Å². The predicted octanol–water partition coefficient (Wildman–Crippen LogP) is 2.19. The highest BCUT2D eigenvalue weighted by Gasteiger charge is 2.17. The van der Waals surface area contributed by atoms with Gasteiger partial charge in [0.2, 0.25) is 0 Å². The van der Waals surface area contributed by atoms with Crippen LogP contribution in [0.5, 0.6) is 0 Å². The van der Waals surface area contributed by atoms with E-state index in [2.05, 4.69) is 44.4 Å². The number of rotatable bonds is 5. The maximum Gasteiger partial charge on any atom is 0.193 e. The third kappa shape index (κ3) is 2.36. The lowest BCUT2D eigenvalue weighted by Crippen LogP contribution is -2.21. The number of thiazole rings is 1. The minimum Gasteiger partial charge on any atom is -0.311 e. The molecule has 0 bridgehead atoms. The maximum absolute atomic E-state index is 4.65. The lowest BCUT2D eigenvalue weighted by Gasteiger charge is -2.15. The number of imidazole rings is 1. The van der Waals surface area contributed by atoms with Crippen molar-refractivity contribution in [3.63, 3.8) is 0 Å². The molecule has 3 aromatic heterocycles. The molecule has 5 nitrogen and oxygen atoms in total. The van der Waals surface area contributed by atoms with Crippen LogP contribution in [0.4, 0.5) is 0 Å². The van der Waals surface area contributed by atoms with Gasteiger partial charge in [0.05, 0.1) is 23.1 Å². The largest absolute Gasteiger partial charge is 0.311 e. The van der Waals surface area contributed by atoms with E-state index in [1.54, 1.807) is 11.3 Å². The highest BCUT2D eigenvalue weighted by molar-refractivity contribution is 7.15. The van der Waals surface area contributed by atoms with Crippen LogP contribution in [0.15, 0.2) is 23.8 Å². The standard InChI is InChI=1S/C14H19N5S/c1-4-10-8-13(18(3)17-10)12(15-2)7-11-9-19-5-6-20-14(19)16-11/h5-6,8-9,12,15H,4,7H2,1-3H3. The second-order valence-electron chi connectivity index (χ2n) is 4.91. The van der Waals surface area contributed by atoms with Crippen molar-refractivity contribution >= 4 is 16.3 Å². The van der Waals surface area contributed by atoms with Crippen LogP contribution >= 0.6 is 11.3 Å². The molecule has 1 unspecified atom stereocenters. The van der Waals surface area contributed by atoms with Crippen molar-refractivity contribution in [2.45, 2.75) is 25.8 Å². The Morgan fingerprint density at radius 1 is 1.40 bits per heavy atom. The average molecular weight is 289 g/mol. The minimum atomic E-state index is 0.234. The molecule has 0 aliphatic heterocycles. The molecule has 0 aliphatic carbocycles. The van der Waals surface area contributed by atoms with Crippen LogP contribution in [0.1, 0.15) is 30.0 Å². The van der Waals surface area contributed by atoms with Gasteiger partial charge in [-0.2, -0.15) is 5.10 Å². The molecule has 0 radical (unpaired) electrons. The van der Waals surface area contributed by atoms with Gasteiger partial charge in [0.25, 0.3) is 0 Å². The summed E-state index contributed by atoms with van der Waals surface area (Å²) >= 11 is 1.66. The number of nitrogens with one attached hydrogen (secondary N) is 1. The van der Waals surface area contributed by atoms with Gasteiger partial charge in [-0.15, -0.1) is 11.3 Å². The van der Waals surface area contributed by atoms with E-state index in [4.69, 9.17) is 0 Å². The highest BCUT2D eigenvalue weighted by Crippen LogP contribution is 2.20. The number of hydrogen-bond donors (Lipinski definition) is 1. The summed E-state index contributed by atoms with van der Waals surface area (Å²) in [5.74, 6) is 0. The van der Waals surface area contributed by atoms with Gasteiger partial charge in [-0.3, -0.25) is 9.08 Å². The molecular weight excluding hydrogens is 270 g/mol. The molecule has 3 heterocycles. The fourth-order valence-electron chi connectivity index (χ4n) is 2.48. The Hall–Kier alpha value is -1.66. The smallest absolute Gasteiger partial charge is 0.193 e. The third-order valence-corrected chi connectivity index (χ3v) is 4.36. The topological polar surface area (TPSA) is 47.1 Å². The van der Waals surface area contributed by atoms with E-state index in [0.29, 0.717) is 0 Å². The predicted molar refractivity (Wildman–Crippen MR) is 81.2 cm³/mol. The molecule has 0 aromatic carbocycles. The molecule has 3 aromatic rings. The molecule has 0 saturated heterocycles. The Morgan fingerprint density at radius 3 is 2.90 bits per heavy atom. The Bertz CT molecular complexity index is 680. The fraction of sp³-hybridized carbons (Fsp3) is 0.429. The summed E-state index contributed by atoms with van der Waals surface area (Å²) in [5, 5.41) is 9.95. The number of nitrogens with zero attached hydrogens (tertiary/aromatic N) is 4. The van der Waals surface area contributed by atoms with Gasteiger partial charge in [0.1, 0.15) is 0 Å². The molecule has 106 valence electrons. The van der Waals surface area contributed by atoms with E-state index in [-0.39, 0.29) is 6.04 Å². The first-order chi connectivity index (χ1) is 9.71. The molecule has 0 fully saturated rings. The SMILES string of the molecule is CCc1cc(C(Cc2cn3ccsc3n2)NC)n(C)n1. The second kappa shape index (κ2) is 5.38. The molecule has 1 N–H and O–H groups in total. The van der Waals surface area contributed by atoms with Crippen LogP contribution in [0, 0.1) is 0 Å². The van der Waals surface area contributed by atoms with Crippen LogP contribution in [0.25, 0.3) is 4.96 Å². The zero-order valence-electron chi connectivity index (χ0n) is 12.0. The van der Waals surface area contributed by atoms with Crippen molar-refractivity contribution in [2.75, 3.05) is 7.05 Å². The van der Waals surface area contributed by atoms with Crippen molar-refractivity contribution in [1.29, 1.82) is 0 Å². The van der Waals surface area contributed by atoms with E-state index >= 15 is 0 Å². The number of aromatic nitrogens is 4. The van der Waals surface area contributed by atoms with Crippen molar-refractivity contribution in [1.82, 2.24) is 24.5 Å². The first kappa shape index (κ1) is 13.3. The van der Waals surface area contributed by atoms with Gasteiger partial charge in [-0.1, -0.05) is 6.92 Å². The Labute approximate surface area is 122 Å². The summed E-state index contributed by atoms with van der Waals surface area (Å²) in [6.45, 7) is 2.13. The number of fused-ring (bicyclic) bond motifs is 1. The van der Waals surface area contributed by atoms with E-state index < -0.39 is 0 Å². The highest BCUT2D eigenvalue weighted by atomic mass is 32.1. The number of aryl methyl sites for hydroxylation is 2. The van der Waals surface area contributed by atoms with Gasteiger partial charge < -0.3 is 5.32 Å². The molecular formula is C14H19N5S. The summed E-state index contributed by atoms with van der Waals surface area (Å²) in [4.78, 5) is 5.70. The normalized spacial score (nSPS) is 13.2. The zero-order valence-corrected chi connectivity index (χ0v) is 12.8. The van der Waals surface area contributed by atoms with Crippen molar-refractivity contribution in [3.8, 4) is 0 Å². The molecule has 0 saturated carbocycles. The van der Waals surface area contributed by atoms with Crippen LogP contribution in [-0.2, 0) is 19.9 Å². The van der Waals surface area contributed by atoms with Gasteiger partial charge in [0, 0.05) is 31.2 Å². The van der Waals surface area contributed by atoms with E-state index in [9.17, 15) is 0 Å². The molecule has 0 aliphatic rings. The number of hydrogen-bond acceptors (Lipinski definition) is 4. The van der Waals surface area contributed by atoms with Crippen LogP contribution in [0.3, 0.4) is 0 Å². The lowest BCUT2D eigenvalue weighted by molar-refractivity contribution is 0.533. The van der Waals surface area contributed by atoms with Crippen molar-refractivity contribution < 1.29 is 0 Å². The van der Waals surface area contributed by atoms with Crippen molar-refractivity contribution in [2.24, 2.45) is 7.05 Å².